The largest absolute Gasteiger partial charge is 0.379 e. The smallest absolute Gasteiger partial charge is 0.0701 e. The van der Waals surface area contributed by atoms with Crippen molar-refractivity contribution < 1.29 is 18.9 Å². The molecule has 0 heterocycles. The summed E-state index contributed by atoms with van der Waals surface area (Å²) in [5.74, 6) is 1.24. The van der Waals surface area contributed by atoms with Crippen LogP contribution in [0.5, 0.6) is 0 Å². The lowest BCUT2D eigenvalue weighted by Crippen LogP contribution is -2.15. The molecule has 0 spiro atoms. The van der Waals surface area contributed by atoms with E-state index in [2.05, 4.69) is 13.8 Å². The lowest BCUT2D eigenvalue weighted by atomic mass is 9.94. The van der Waals surface area contributed by atoms with E-state index in [9.17, 15) is 0 Å². The van der Waals surface area contributed by atoms with E-state index in [0.717, 1.165) is 6.61 Å². The van der Waals surface area contributed by atoms with Gasteiger partial charge in [0.05, 0.1) is 46.2 Å². The molecular formula is C32H65ClO4. The zero-order valence-electron chi connectivity index (χ0n) is 25.1. The molecule has 0 rings (SSSR count). The summed E-state index contributed by atoms with van der Waals surface area (Å²) < 4.78 is 22.4. The number of halogens is 1. The molecule has 0 aromatic heterocycles. The first-order valence-electron chi connectivity index (χ1n) is 16.2. The number of alkyl halides is 1. The van der Waals surface area contributed by atoms with Crippen LogP contribution in [0.15, 0.2) is 0 Å². The Kier molecular flexibility index (Phi) is 34.3. The van der Waals surface area contributed by atoms with Crippen molar-refractivity contribution in [2.75, 3.05) is 58.7 Å². The molecule has 0 saturated carbocycles. The van der Waals surface area contributed by atoms with Gasteiger partial charge in [-0.2, -0.15) is 0 Å². The summed E-state index contributed by atoms with van der Waals surface area (Å²) in [6.07, 6.45) is 27.9. The quantitative estimate of drug-likeness (QED) is 0.0603. The van der Waals surface area contributed by atoms with Crippen molar-refractivity contribution in [1.29, 1.82) is 0 Å². The van der Waals surface area contributed by atoms with E-state index >= 15 is 0 Å². The number of hydrogen-bond donors (Lipinski definition) is 0. The normalized spacial score (nSPS) is 12.4. The summed E-state index contributed by atoms with van der Waals surface area (Å²) in [6, 6.07) is 0. The van der Waals surface area contributed by atoms with Crippen molar-refractivity contribution in [1.82, 2.24) is 0 Å². The molecule has 224 valence electrons. The Morgan fingerprint density at radius 2 is 0.730 bits per heavy atom. The van der Waals surface area contributed by atoms with Gasteiger partial charge in [-0.3, -0.25) is 0 Å². The Labute approximate surface area is 237 Å². The van der Waals surface area contributed by atoms with Crippen LogP contribution in [0.1, 0.15) is 142 Å². The highest BCUT2D eigenvalue weighted by molar-refractivity contribution is 6.17. The molecule has 0 aromatic rings. The maximum atomic E-state index is 6.03. The van der Waals surface area contributed by atoms with Crippen molar-refractivity contribution in [3.05, 3.63) is 0 Å². The van der Waals surface area contributed by atoms with Gasteiger partial charge in [0, 0.05) is 12.5 Å². The summed E-state index contributed by atoms with van der Waals surface area (Å²) in [4.78, 5) is 0. The first kappa shape index (κ1) is 37.1. The van der Waals surface area contributed by atoms with E-state index in [4.69, 9.17) is 30.5 Å². The van der Waals surface area contributed by atoms with Gasteiger partial charge in [-0.15, -0.1) is 11.6 Å². The van der Waals surface area contributed by atoms with Crippen LogP contribution in [-0.4, -0.2) is 58.7 Å². The SMILES string of the molecule is CCCCCCCCCCCCC(CCCCCCCCCC)COCCOCCOCCOCCCl. The number of hydrogen-bond acceptors (Lipinski definition) is 4. The number of ether oxygens (including phenoxy) is 4. The predicted octanol–water partition coefficient (Wildman–Crippen LogP) is 9.75. The monoisotopic (exact) mass is 548 g/mol. The van der Waals surface area contributed by atoms with Crippen LogP contribution in [-0.2, 0) is 18.9 Å². The van der Waals surface area contributed by atoms with Crippen LogP contribution in [0.4, 0.5) is 0 Å². The zero-order chi connectivity index (χ0) is 26.9. The van der Waals surface area contributed by atoms with E-state index in [1.54, 1.807) is 0 Å². The summed E-state index contributed by atoms with van der Waals surface area (Å²) in [5.41, 5.74) is 0. The molecule has 0 aliphatic heterocycles. The van der Waals surface area contributed by atoms with E-state index in [1.807, 2.05) is 0 Å². The third-order valence-corrected chi connectivity index (χ3v) is 7.28. The molecule has 0 aliphatic rings. The van der Waals surface area contributed by atoms with Crippen molar-refractivity contribution in [2.45, 2.75) is 142 Å². The molecule has 0 N–H and O–H groups in total. The van der Waals surface area contributed by atoms with Gasteiger partial charge in [0.25, 0.3) is 0 Å². The summed E-state index contributed by atoms with van der Waals surface area (Å²) >= 11 is 5.57. The maximum Gasteiger partial charge on any atom is 0.0701 e. The van der Waals surface area contributed by atoms with Crippen molar-refractivity contribution >= 4 is 11.6 Å². The Bertz CT molecular complexity index is 397. The van der Waals surface area contributed by atoms with Gasteiger partial charge in [0.15, 0.2) is 0 Å². The Morgan fingerprint density at radius 1 is 0.405 bits per heavy atom. The van der Waals surface area contributed by atoms with E-state index in [1.165, 1.54) is 128 Å². The topological polar surface area (TPSA) is 36.9 Å². The third kappa shape index (κ3) is 32.2. The molecule has 1 unspecified atom stereocenters. The minimum atomic E-state index is 0.530. The molecule has 0 radical (unpaired) electrons. The average molecular weight is 549 g/mol. The predicted molar refractivity (Wildman–Crippen MR) is 161 cm³/mol. The van der Waals surface area contributed by atoms with Gasteiger partial charge in [-0.05, 0) is 18.8 Å². The van der Waals surface area contributed by atoms with E-state index in [-0.39, 0.29) is 0 Å². The molecule has 0 fully saturated rings. The molecule has 0 amide bonds. The molecule has 0 bridgehead atoms. The lowest BCUT2D eigenvalue weighted by molar-refractivity contribution is -0.00568. The van der Waals surface area contributed by atoms with Crippen molar-refractivity contribution in [3.63, 3.8) is 0 Å². The molecule has 0 saturated heterocycles. The van der Waals surface area contributed by atoms with Crippen LogP contribution < -0.4 is 0 Å². The number of unbranched alkanes of at least 4 members (excludes halogenated alkanes) is 16. The highest BCUT2D eigenvalue weighted by Gasteiger charge is 2.09. The van der Waals surface area contributed by atoms with Crippen LogP contribution in [0.3, 0.4) is 0 Å². The molecule has 0 aromatic carbocycles. The van der Waals surface area contributed by atoms with Crippen LogP contribution in [0.2, 0.25) is 0 Å². The van der Waals surface area contributed by atoms with Crippen LogP contribution >= 0.6 is 11.6 Å². The summed E-state index contributed by atoms with van der Waals surface area (Å²) in [6.45, 7) is 9.79. The van der Waals surface area contributed by atoms with Gasteiger partial charge in [-0.1, -0.05) is 129 Å². The number of rotatable bonds is 33. The van der Waals surface area contributed by atoms with Gasteiger partial charge in [0.1, 0.15) is 0 Å². The second kappa shape index (κ2) is 34.2. The molecule has 0 aliphatic carbocycles. The molecule has 1 atom stereocenters. The molecule has 4 nitrogen and oxygen atoms in total. The average Bonchev–Trinajstić information content (AvgIpc) is 2.91. The van der Waals surface area contributed by atoms with E-state index < -0.39 is 0 Å². The second-order valence-electron chi connectivity index (χ2n) is 10.7. The minimum Gasteiger partial charge on any atom is -0.379 e. The maximum absolute atomic E-state index is 6.03. The van der Waals surface area contributed by atoms with Gasteiger partial charge in [0.2, 0.25) is 0 Å². The third-order valence-electron chi connectivity index (χ3n) is 7.12. The molecule has 5 heteroatoms. The van der Waals surface area contributed by atoms with Gasteiger partial charge >= 0.3 is 0 Å². The first-order chi connectivity index (χ1) is 18.3. The summed E-state index contributed by atoms with van der Waals surface area (Å²) in [5, 5.41) is 0. The molecular weight excluding hydrogens is 484 g/mol. The van der Waals surface area contributed by atoms with Crippen molar-refractivity contribution in [2.24, 2.45) is 5.92 Å². The first-order valence-corrected chi connectivity index (χ1v) is 16.8. The zero-order valence-corrected chi connectivity index (χ0v) is 25.9. The van der Waals surface area contributed by atoms with E-state index in [0.29, 0.717) is 58.0 Å². The summed E-state index contributed by atoms with van der Waals surface area (Å²) in [7, 11) is 0. The minimum absolute atomic E-state index is 0.530. The fourth-order valence-corrected chi connectivity index (χ4v) is 4.87. The van der Waals surface area contributed by atoms with Gasteiger partial charge in [-0.25, -0.2) is 0 Å². The fourth-order valence-electron chi connectivity index (χ4n) is 4.76. The Hall–Kier alpha value is 0.130. The standard InChI is InChI=1S/C32H65ClO4/c1-3-5-7-9-11-13-14-16-18-20-22-32(21-19-17-15-12-10-8-6-4-2)31-37-30-29-36-28-27-35-26-25-34-24-23-33/h32H,3-31H2,1-2H3. The van der Waals surface area contributed by atoms with Crippen LogP contribution in [0.25, 0.3) is 0 Å². The van der Waals surface area contributed by atoms with Gasteiger partial charge < -0.3 is 18.9 Å². The highest BCUT2D eigenvalue weighted by Crippen LogP contribution is 2.20. The molecule has 37 heavy (non-hydrogen) atoms. The van der Waals surface area contributed by atoms with Crippen LogP contribution in [0, 0.1) is 5.92 Å². The Morgan fingerprint density at radius 3 is 1.11 bits per heavy atom. The fraction of sp³-hybridized carbons (Fsp3) is 1.00. The lowest BCUT2D eigenvalue weighted by Gasteiger charge is -2.17. The highest BCUT2D eigenvalue weighted by atomic mass is 35.5. The second-order valence-corrected chi connectivity index (χ2v) is 11.1. The Balaban J connectivity index is 3.84. The van der Waals surface area contributed by atoms with Crippen molar-refractivity contribution in [3.8, 4) is 0 Å².